The van der Waals surface area contributed by atoms with Gasteiger partial charge >= 0.3 is 0 Å². The molecule has 0 saturated carbocycles. The van der Waals surface area contributed by atoms with Crippen LogP contribution >= 0.6 is 0 Å². The molecule has 1 saturated heterocycles. The second kappa shape index (κ2) is 6.02. The summed E-state index contributed by atoms with van der Waals surface area (Å²) in [5.74, 6) is 0. The van der Waals surface area contributed by atoms with Gasteiger partial charge in [-0.1, -0.05) is 27.7 Å². The maximum atomic E-state index is 2.85. The first kappa shape index (κ1) is 21.0. The molecule has 1 aliphatic heterocycles. The number of hydrogen-bond acceptors (Lipinski definition) is 2. The summed E-state index contributed by atoms with van der Waals surface area (Å²) in [6, 6.07) is 0. The minimum absolute atomic E-state index is 0.112. The molecule has 1 aliphatic rings. The molecule has 2 nitrogen and oxygen atoms in total. The Balaban J connectivity index is 3.84. The third kappa shape index (κ3) is 2.42. The summed E-state index contributed by atoms with van der Waals surface area (Å²) >= 11 is 0. The number of rotatable bonds is 4. The van der Waals surface area contributed by atoms with Gasteiger partial charge in [-0.2, -0.15) is 0 Å². The highest BCUT2D eigenvalue weighted by Crippen LogP contribution is 2.57. The fourth-order valence-corrected chi connectivity index (χ4v) is 7.20. The predicted octanol–water partition coefficient (Wildman–Crippen LogP) is 5.71. The van der Waals surface area contributed by atoms with Crippen molar-refractivity contribution in [2.45, 2.75) is 130 Å². The molecule has 1 fully saturated rings. The highest BCUT2D eigenvalue weighted by molar-refractivity contribution is 5.24. The number of likely N-dealkylation sites (N-methyl/N-ethyl adjacent to an activating group) is 1. The van der Waals surface area contributed by atoms with E-state index in [1.54, 1.807) is 0 Å². The summed E-state index contributed by atoms with van der Waals surface area (Å²) in [4.78, 5) is 5.65. The molecule has 0 atom stereocenters. The second-order valence-electron chi connectivity index (χ2n) is 9.66. The van der Waals surface area contributed by atoms with Gasteiger partial charge in [0, 0.05) is 27.7 Å². The van der Waals surface area contributed by atoms with Gasteiger partial charge in [0.05, 0.1) is 0 Å². The van der Waals surface area contributed by atoms with Crippen molar-refractivity contribution in [3.63, 3.8) is 0 Å². The van der Waals surface area contributed by atoms with E-state index in [0.29, 0.717) is 0 Å². The zero-order valence-corrected chi connectivity index (χ0v) is 18.2. The highest BCUT2D eigenvalue weighted by Gasteiger charge is 2.67. The number of hydrogen-bond donors (Lipinski definition) is 0. The van der Waals surface area contributed by atoms with Crippen LogP contribution in [0.4, 0.5) is 0 Å². The lowest BCUT2D eigenvalue weighted by molar-refractivity contribution is -0.253. The molecule has 0 radical (unpaired) electrons. The molecular weight excluding hydrogens is 280 g/mol. The zero-order chi connectivity index (χ0) is 18.5. The predicted molar refractivity (Wildman–Crippen MR) is 104 cm³/mol. The van der Waals surface area contributed by atoms with Crippen molar-refractivity contribution in [3.05, 3.63) is 0 Å². The van der Waals surface area contributed by atoms with E-state index in [0.717, 1.165) is 0 Å². The first-order valence-corrected chi connectivity index (χ1v) is 9.81. The average molecular weight is 325 g/mol. The van der Waals surface area contributed by atoms with Crippen LogP contribution in [0.1, 0.15) is 102 Å². The molecule has 0 unspecified atom stereocenters. The standard InChI is InChI=1S/C21H44N2/c1-13-20(14-2)18(8,9)23(17(5,6)7)19(10,11)21(15-3,16-4)22(20)12/h13-16H2,1-12H3. The third-order valence-corrected chi connectivity index (χ3v) is 7.69. The fourth-order valence-electron chi connectivity index (χ4n) is 7.20. The summed E-state index contributed by atoms with van der Waals surface area (Å²) in [5, 5.41) is 0. The van der Waals surface area contributed by atoms with Crippen LogP contribution in [0.25, 0.3) is 0 Å². The maximum absolute atomic E-state index is 2.85. The highest BCUT2D eigenvalue weighted by atomic mass is 15.5. The van der Waals surface area contributed by atoms with Crippen LogP contribution in [-0.4, -0.2) is 44.5 Å². The second-order valence-corrected chi connectivity index (χ2v) is 9.66. The molecule has 1 rings (SSSR count). The average Bonchev–Trinajstić information content (AvgIpc) is 2.38. The first-order valence-electron chi connectivity index (χ1n) is 9.81. The molecule has 138 valence electrons. The minimum Gasteiger partial charge on any atom is -0.291 e. The Hall–Kier alpha value is -0.0800. The van der Waals surface area contributed by atoms with E-state index in [1.165, 1.54) is 25.7 Å². The lowest BCUT2D eigenvalue weighted by Crippen LogP contribution is -2.87. The van der Waals surface area contributed by atoms with E-state index in [4.69, 9.17) is 0 Å². The summed E-state index contributed by atoms with van der Waals surface area (Å²) in [7, 11) is 2.41. The molecule has 0 N–H and O–H groups in total. The van der Waals surface area contributed by atoms with E-state index < -0.39 is 0 Å². The summed E-state index contributed by atoms with van der Waals surface area (Å²) < 4.78 is 0. The third-order valence-electron chi connectivity index (χ3n) is 7.69. The maximum Gasteiger partial charge on any atom is 0.0386 e. The normalized spacial score (nSPS) is 27.1. The van der Waals surface area contributed by atoms with Gasteiger partial charge in [0.25, 0.3) is 0 Å². The van der Waals surface area contributed by atoms with Crippen molar-refractivity contribution in [2.24, 2.45) is 0 Å². The monoisotopic (exact) mass is 324 g/mol. The first-order chi connectivity index (χ1) is 10.3. The molecule has 23 heavy (non-hydrogen) atoms. The SMILES string of the molecule is CCC1(CC)N(C)C(CC)(CC)C(C)(C)N(C(C)(C)C)C1(C)C. The van der Waals surface area contributed by atoms with Gasteiger partial charge in [0.2, 0.25) is 0 Å². The Morgan fingerprint density at radius 2 is 0.913 bits per heavy atom. The van der Waals surface area contributed by atoms with Crippen molar-refractivity contribution in [2.75, 3.05) is 7.05 Å². The molecule has 0 amide bonds. The Labute approximate surface area is 147 Å². The zero-order valence-electron chi connectivity index (χ0n) is 18.2. The molecule has 0 aromatic carbocycles. The van der Waals surface area contributed by atoms with E-state index in [-0.39, 0.29) is 27.7 Å². The molecule has 0 aliphatic carbocycles. The van der Waals surface area contributed by atoms with Crippen molar-refractivity contribution >= 4 is 0 Å². The summed E-state index contributed by atoms with van der Waals surface area (Å²) in [5.41, 5.74) is 0.755. The topological polar surface area (TPSA) is 6.48 Å². The van der Waals surface area contributed by atoms with Gasteiger partial charge in [0.15, 0.2) is 0 Å². The lowest BCUT2D eigenvalue weighted by Gasteiger charge is -2.76. The van der Waals surface area contributed by atoms with Crippen molar-refractivity contribution in [1.82, 2.24) is 9.80 Å². The largest absolute Gasteiger partial charge is 0.291 e. The molecule has 0 aromatic heterocycles. The van der Waals surface area contributed by atoms with Gasteiger partial charge in [-0.3, -0.25) is 9.80 Å². The van der Waals surface area contributed by atoms with E-state index in [1.807, 2.05) is 0 Å². The van der Waals surface area contributed by atoms with Gasteiger partial charge in [-0.15, -0.1) is 0 Å². The smallest absolute Gasteiger partial charge is 0.0386 e. The fraction of sp³-hybridized carbons (Fsp3) is 1.00. The van der Waals surface area contributed by atoms with Crippen molar-refractivity contribution < 1.29 is 0 Å². The van der Waals surface area contributed by atoms with Crippen LogP contribution in [0, 0.1) is 0 Å². The van der Waals surface area contributed by atoms with Crippen LogP contribution < -0.4 is 0 Å². The van der Waals surface area contributed by atoms with Gasteiger partial charge in [-0.05, 0) is 81.2 Å². The van der Waals surface area contributed by atoms with Crippen LogP contribution in [0.3, 0.4) is 0 Å². The minimum atomic E-state index is 0.112. The Bertz CT molecular complexity index is 374. The Kier molecular flexibility index (Phi) is 5.49. The van der Waals surface area contributed by atoms with E-state index >= 15 is 0 Å². The lowest BCUT2D eigenvalue weighted by atomic mass is 9.58. The van der Waals surface area contributed by atoms with Crippen molar-refractivity contribution in [1.29, 1.82) is 0 Å². The Morgan fingerprint density at radius 3 is 1.09 bits per heavy atom. The number of piperazine rings is 1. The molecule has 0 bridgehead atoms. The molecule has 2 heteroatoms. The van der Waals surface area contributed by atoms with Crippen LogP contribution in [0.5, 0.6) is 0 Å². The molecule has 0 spiro atoms. The summed E-state index contributed by atoms with van der Waals surface area (Å²) in [6.45, 7) is 26.7. The molecule has 1 heterocycles. The Morgan fingerprint density at radius 1 is 0.652 bits per heavy atom. The van der Waals surface area contributed by atoms with E-state index in [9.17, 15) is 0 Å². The van der Waals surface area contributed by atoms with Gasteiger partial charge in [-0.25, -0.2) is 0 Å². The molecule has 0 aromatic rings. The van der Waals surface area contributed by atoms with Crippen LogP contribution in [0.2, 0.25) is 0 Å². The van der Waals surface area contributed by atoms with Gasteiger partial charge < -0.3 is 0 Å². The number of nitrogens with zero attached hydrogens (tertiary/aromatic N) is 2. The van der Waals surface area contributed by atoms with Crippen LogP contribution in [0.15, 0.2) is 0 Å². The quantitative estimate of drug-likeness (QED) is 0.654. The van der Waals surface area contributed by atoms with E-state index in [2.05, 4.69) is 93.0 Å². The molecular formula is C21H44N2. The van der Waals surface area contributed by atoms with Crippen LogP contribution in [-0.2, 0) is 0 Å². The van der Waals surface area contributed by atoms with Gasteiger partial charge in [0.1, 0.15) is 0 Å². The van der Waals surface area contributed by atoms with Crippen molar-refractivity contribution in [3.8, 4) is 0 Å². The summed E-state index contributed by atoms with van der Waals surface area (Å²) in [6.07, 6.45) is 4.77.